The minimum atomic E-state index is -3.83. The minimum absolute atomic E-state index is 0.0133. The molecular weight excluding hydrogens is 464 g/mol. The molecule has 0 unspecified atom stereocenters. The zero-order valence-corrected chi connectivity index (χ0v) is 19.6. The number of ether oxygens (including phenoxy) is 4. The van der Waals surface area contributed by atoms with E-state index in [-0.39, 0.29) is 42.4 Å². The van der Waals surface area contributed by atoms with Crippen LogP contribution in [-0.4, -0.2) is 71.0 Å². The second-order valence-electron chi connectivity index (χ2n) is 7.71. The van der Waals surface area contributed by atoms with Gasteiger partial charge < -0.3 is 24.3 Å². The highest BCUT2D eigenvalue weighted by atomic mass is 32.2. The normalized spacial score (nSPS) is 16.0. The van der Waals surface area contributed by atoms with Crippen LogP contribution >= 0.6 is 0 Å². The maximum Gasteiger partial charge on any atom is 0.246 e. The summed E-state index contributed by atoms with van der Waals surface area (Å²) < 4.78 is 48.9. The first-order valence-corrected chi connectivity index (χ1v) is 12.3. The Morgan fingerprint density at radius 1 is 0.971 bits per heavy atom. The van der Waals surface area contributed by atoms with Crippen LogP contribution in [0.5, 0.6) is 17.2 Å². The zero-order valence-electron chi connectivity index (χ0n) is 18.7. The Hall–Kier alpha value is -3.15. The molecular formula is C23H26N2O8S. The van der Waals surface area contributed by atoms with Crippen molar-refractivity contribution in [1.29, 1.82) is 0 Å². The van der Waals surface area contributed by atoms with Crippen LogP contribution in [0.4, 0.5) is 5.69 Å². The summed E-state index contributed by atoms with van der Waals surface area (Å²) in [5, 5.41) is 2.67. The molecule has 1 fully saturated rings. The summed E-state index contributed by atoms with van der Waals surface area (Å²) in [5.74, 6) is 0.651. The molecule has 2 heterocycles. The number of carbonyl (C=O) groups is 2. The van der Waals surface area contributed by atoms with Gasteiger partial charge in [-0.2, -0.15) is 4.31 Å². The molecule has 0 saturated carbocycles. The van der Waals surface area contributed by atoms with Gasteiger partial charge in [-0.25, -0.2) is 8.42 Å². The van der Waals surface area contributed by atoms with Gasteiger partial charge in [-0.3, -0.25) is 9.59 Å². The number of amides is 1. The number of rotatable bonds is 8. The van der Waals surface area contributed by atoms with E-state index in [1.165, 1.54) is 23.5 Å². The molecule has 182 valence electrons. The highest BCUT2D eigenvalue weighted by Crippen LogP contribution is 2.32. The van der Waals surface area contributed by atoms with Crippen molar-refractivity contribution in [3.8, 4) is 17.2 Å². The van der Waals surface area contributed by atoms with E-state index in [9.17, 15) is 18.0 Å². The average molecular weight is 491 g/mol. The lowest BCUT2D eigenvalue weighted by Crippen LogP contribution is -2.40. The van der Waals surface area contributed by atoms with E-state index in [1.807, 2.05) is 0 Å². The number of sulfonamides is 1. The number of fused-ring (bicyclic) bond motifs is 1. The molecule has 2 aliphatic rings. The third kappa shape index (κ3) is 5.32. The number of hydrogen-bond acceptors (Lipinski definition) is 8. The fraction of sp³-hybridized carbons (Fsp3) is 0.391. The molecule has 4 rings (SSSR count). The summed E-state index contributed by atoms with van der Waals surface area (Å²) in [4.78, 5) is 25.0. The van der Waals surface area contributed by atoms with E-state index in [1.54, 1.807) is 24.3 Å². The van der Waals surface area contributed by atoms with Gasteiger partial charge >= 0.3 is 0 Å². The van der Waals surface area contributed by atoms with Crippen LogP contribution in [0.15, 0.2) is 41.3 Å². The molecule has 0 atom stereocenters. The number of anilines is 1. The third-order valence-corrected chi connectivity index (χ3v) is 7.40. The summed E-state index contributed by atoms with van der Waals surface area (Å²) in [6.45, 7) is 1.98. The van der Waals surface area contributed by atoms with Crippen molar-refractivity contribution in [2.75, 3.05) is 51.9 Å². The lowest BCUT2D eigenvalue weighted by atomic mass is 10.1. The molecule has 0 aliphatic carbocycles. The zero-order chi connectivity index (χ0) is 24.1. The second kappa shape index (κ2) is 10.4. The Bertz CT molecular complexity index is 1180. The summed E-state index contributed by atoms with van der Waals surface area (Å²) >= 11 is 0. The molecule has 2 aliphatic heterocycles. The van der Waals surface area contributed by atoms with Crippen molar-refractivity contribution in [3.05, 3.63) is 42.0 Å². The van der Waals surface area contributed by atoms with Crippen molar-refractivity contribution >= 4 is 27.4 Å². The van der Waals surface area contributed by atoms with Crippen molar-refractivity contribution in [2.45, 2.75) is 17.7 Å². The summed E-state index contributed by atoms with van der Waals surface area (Å²) in [7, 11) is -2.45. The van der Waals surface area contributed by atoms with Crippen LogP contribution in [0.3, 0.4) is 0 Å². The summed E-state index contributed by atoms with van der Waals surface area (Å²) in [6.07, 6.45) is -0.0780. The molecule has 10 nitrogen and oxygen atoms in total. The van der Waals surface area contributed by atoms with Gasteiger partial charge in [-0.15, -0.1) is 0 Å². The van der Waals surface area contributed by atoms with E-state index >= 15 is 0 Å². The van der Waals surface area contributed by atoms with Crippen molar-refractivity contribution in [3.63, 3.8) is 0 Å². The molecule has 11 heteroatoms. The van der Waals surface area contributed by atoms with E-state index < -0.39 is 15.9 Å². The maximum atomic E-state index is 13.1. The number of nitrogens with zero attached hydrogens (tertiary/aromatic N) is 1. The summed E-state index contributed by atoms with van der Waals surface area (Å²) in [6, 6.07) is 9.34. The highest BCUT2D eigenvalue weighted by molar-refractivity contribution is 7.89. The van der Waals surface area contributed by atoms with Crippen LogP contribution in [0, 0.1) is 0 Å². The van der Waals surface area contributed by atoms with Gasteiger partial charge in [-0.05, 0) is 36.4 Å². The van der Waals surface area contributed by atoms with Crippen LogP contribution in [0.25, 0.3) is 0 Å². The SMILES string of the molecule is COc1ccc(NC(=O)CCC(=O)c2ccc3c(c2)OCCO3)cc1S(=O)(=O)N1CCOCC1. The monoisotopic (exact) mass is 490 g/mol. The topological polar surface area (TPSA) is 120 Å². The van der Waals surface area contributed by atoms with E-state index in [0.29, 0.717) is 49.2 Å². The van der Waals surface area contributed by atoms with Crippen molar-refractivity contribution < 1.29 is 37.0 Å². The number of nitrogens with one attached hydrogen (secondary N) is 1. The first-order chi connectivity index (χ1) is 16.4. The fourth-order valence-corrected chi connectivity index (χ4v) is 5.28. The number of hydrogen-bond donors (Lipinski definition) is 1. The number of methoxy groups -OCH3 is 1. The summed E-state index contributed by atoms with van der Waals surface area (Å²) in [5.41, 5.74) is 0.727. The van der Waals surface area contributed by atoms with Crippen LogP contribution in [0.2, 0.25) is 0 Å². The Balaban J connectivity index is 1.41. The minimum Gasteiger partial charge on any atom is -0.495 e. The van der Waals surface area contributed by atoms with Gasteiger partial charge in [0.25, 0.3) is 0 Å². The molecule has 0 spiro atoms. The van der Waals surface area contributed by atoms with Crippen molar-refractivity contribution in [2.24, 2.45) is 0 Å². The Kier molecular flexibility index (Phi) is 7.35. The highest BCUT2D eigenvalue weighted by Gasteiger charge is 2.29. The van der Waals surface area contributed by atoms with Crippen LogP contribution in [-0.2, 0) is 19.6 Å². The predicted molar refractivity (Wildman–Crippen MR) is 122 cm³/mol. The fourth-order valence-electron chi connectivity index (χ4n) is 3.69. The number of Topliss-reactive ketones (excluding diaryl/α,β-unsaturated/α-hetero) is 1. The number of carbonyl (C=O) groups excluding carboxylic acids is 2. The lowest BCUT2D eigenvalue weighted by Gasteiger charge is -2.26. The van der Waals surface area contributed by atoms with Crippen LogP contribution in [0.1, 0.15) is 23.2 Å². The number of ketones is 1. The lowest BCUT2D eigenvalue weighted by molar-refractivity contribution is -0.116. The Labute approximate surface area is 197 Å². The van der Waals surface area contributed by atoms with Gasteiger partial charge in [0.15, 0.2) is 17.3 Å². The maximum absolute atomic E-state index is 13.1. The van der Waals surface area contributed by atoms with Crippen LogP contribution < -0.4 is 19.5 Å². The van der Waals surface area contributed by atoms with Gasteiger partial charge in [0, 0.05) is 37.2 Å². The van der Waals surface area contributed by atoms with E-state index in [0.717, 1.165) is 0 Å². The first kappa shape index (κ1) is 24.0. The van der Waals surface area contributed by atoms with Crippen molar-refractivity contribution in [1.82, 2.24) is 4.31 Å². The number of morpholine rings is 1. The van der Waals surface area contributed by atoms with Gasteiger partial charge in [0.2, 0.25) is 15.9 Å². The molecule has 1 N–H and O–H groups in total. The molecule has 1 amide bonds. The van der Waals surface area contributed by atoms with Gasteiger partial charge in [0.1, 0.15) is 23.9 Å². The molecule has 1 saturated heterocycles. The molecule has 2 aromatic carbocycles. The Morgan fingerprint density at radius 2 is 1.71 bits per heavy atom. The van der Waals surface area contributed by atoms with Gasteiger partial charge in [0.05, 0.1) is 20.3 Å². The number of benzene rings is 2. The third-order valence-electron chi connectivity index (χ3n) is 5.48. The first-order valence-electron chi connectivity index (χ1n) is 10.9. The predicted octanol–water partition coefficient (Wildman–Crippen LogP) is 2.09. The average Bonchev–Trinajstić information content (AvgIpc) is 2.87. The second-order valence-corrected chi connectivity index (χ2v) is 9.62. The quantitative estimate of drug-likeness (QED) is 0.559. The molecule has 2 aromatic rings. The standard InChI is InChI=1S/C23H26N2O8S/c1-30-20-6-3-17(15-22(20)34(28,29)25-8-10-31-11-9-25)24-23(27)7-4-18(26)16-2-5-19-21(14-16)33-13-12-32-19/h2-3,5-6,14-15H,4,7-13H2,1H3,(H,24,27). The molecule has 34 heavy (non-hydrogen) atoms. The molecule has 0 radical (unpaired) electrons. The smallest absolute Gasteiger partial charge is 0.246 e. The van der Waals surface area contributed by atoms with E-state index in [2.05, 4.69) is 5.32 Å². The van der Waals surface area contributed by atoms with E-state index in [4.69, 9.17) is 18.9 Å². The molecule has 0 aromatic heterocycles. The largest absolute Gasteiger partial charge is 0.495 e. The molecule has 0 bridgehead atoms. The van der Waals surface area contributed by atoms with Gasteiger partial charge in [-0.1, -0.05) is 0 Å². The Morgan fingerprint density at radius 3 is 2.44 bits per heavy atom.